The number of carbonyl (C=O) groups excluding carboxylic acids is 1. The van der Waals surface area contributed by atoms with E-state index in [1.165, 1.54) is 18.2 Å². The molecule has 0 atom stereocenters. The maximum Gasteiger partial charge on any atom is 0.318 e. The van der Waals surface area contributed by atoms with Gasteiger partial charge in [-0.25, -0.2) is 9.79 Å². The molecule has 0 aliphatic rings. The van der Waals surface area contributed by atoms with E-state index in [2.05, 4.69) is 10.3 Å². The second kappa shape index (κ2) is 5.43. The molecule has 0 heterocycles. The van der Waals surface area contributed by atoms with E-state index >= 15 is 0 Å². The molecule has 17 heavy (non-hydrogen) atoms. The van der Waals surface area contributed by atoms with Crippen molar-refractivity contribution in [1.29, 1.82) is 0 Å². The predicted molar refractivity (Wildman–Crippen MR) is 69.8 cm³/mol. The Labute approximate surface area is 109 Å². The van der Waals surface area contributed by atoms with Crippen LogP contribution in [0.4, 0.5) is 16.2 Å². The van der Waals surface area contributed by atoms with Crippen LogP contribution in [0.15, 0.2) is 23.2 Å². The van der Waals surface area contributed by atoms with E-state index < -0.39 is 11.0 Å². The van der Waals surface area contributed by atoms with Crippen LogP contribution in [0.2, 0.25) is 0 Å². The number of halogens is 1. The van der Waals surface area contributed by atoms with Crippen molar-refractivity contribution in [3.8, 4) is 0 Å². The first-order valence-electron chi connectivity index (χ1n) is 4.24. The topological polar surface area (TPSA) is 137 Å². The minimum atomic E-state index is -0.830. The average Bonchev–Trinajstić information content (AvgIpc) is 2.19. The maximum atomic E-state index is 10.5. The number of rotatable bonds is 2. The number of aliphatic imine (C=N–C) groups is 1. The third-order valence-electron chi connectivity index (χ3n) is 1.63. The Morgan fingerprint density at radius 3 is 2.59 bits per heavy atom. The van der Waals surface area contributed by atoms with Crippen molar-refractivity contribution in [2.45, 2.75) is 0 Å². The van der Waals surface area contributed by atoms with Crippen LogP contribution in [0.25, 0.3) is 0 Å². The molecule has 0 saturated heterocycles. The number of hydrogen-bond donors (Lipinski definition) is 3. The molecule has 0 spiro atoms. The summed E-state index contributed by atoms with van der Waals surface area (Å²) in [5, 5.41) is 12.6. The molecular weight excluding hydrogens is 341 g/mol. The van der Waals surface area contributed by atoms with Crippen LogP contribution in [0.3, 0.4) is 0 Å². The largest absolute Gasteiger partial charge is 0.369 e. The zero-order valence-electron chi connectivity index (χ0n) is 8.38. The van der Waals surface area contributed by atoms with Crippen LogP contribution >= 0.6 is 22.6 Å². The van der Waals surface area contributed by atoms with Crippen LogP contribution in [-0.4, -0.2) is 16.9 Å². The summed E-state index contributed by atoms with van der Waals surface area (Å²) in [5.74, 6) is -0.177. The van der Waals surface area contributed by atoms with Crippen LogP contribution in [0.5, 0.6) is 0 Å². The van der Waals surface area contributed by atoms with E-state index in [9.17, 15) is 14.9 Å². The first kappa shape index (κ1) is 13.2. The molecule has 9 heteroatoms. The smallest absolute Gasteiger partial charge is 0.318 e. The summed E-state index contributed by atoms with van der Waals surface area (Å²) in [4.78, 5) is 24.3. The normalized spacial score (nSPS) is 11.0. The number of nitro benzene ring substituents is 1. The van der Waals surface area contributed by atoms with E-state index in [0.29, 0.717) is 9.26 Å². The highest BCUT2D eigenvalue weighted by molar-refractivity contribution is 14.1. The van der Waals surface area contributed by atoms with E-state index in [-0.39, 0.29) is 11.6 Å². The van der Waals surface area contributed by atoms with Crippen molar-refractivity contribution in [3.63, 3.8) is 0 Å². The lowest BCUT2D eigenvalue weighted by atomic mass is 10.3. The summed E-state index contributed by atoms with van der Waals surface area (Å²) in [6, 6.07) is 3.23. The van der Waals surface area contributed by atoms with Gasteiger partial charge >= 0.3 is 6.03 Å². The summed E-state index contributed by atoms with van der Waals surface area (Å²) in [5.41, 5.74) is 10.6. The van der Waals surface area contributed by atoms with Crippen LogP contribution in [0.1, 0.15) is 0 Å². The minimum Gasteiger partial charge on any atom is -0.369 e. The number of nitrogens with one attached hydrogen (secondary N) is 1. The Kier molecular flexibility index (Phi) is 4.20. The van der Waals surface area contributed by atoms with Crippen molar-refractivity contribution in [1.82, 2.24) is 5.32 Å². The lowest BCUT2D eigenvalue weighted by Crippen LogP contribution is -2.39. The first-order chi connectivity index (χ1) is 7.90. The Balaban J connectivity index is 3.00. The fourth-order valence-electron chi connectivity index (χ4n) is 0.984. The van der Waals surface area contributed by atoms with E-state index in [1.54, 1.807) is 0 Å². The number of benzene rings is 1. The van der Waals surface area contributed by atoms with Gasteiger partial charge in [0.25, 0.3) is 5.69 Å². The SMILES string of the molecule is NC(=O)NC(N)=Nc1ccc([N+](=O)[O-])cc1I. The summed E-state index contributed by atoms with van der Waals surface area (Å²) < 4.78 is 0.533. The fourth-order valence-corrected chi connectivity index (χ4v) is 1.60. The van der Waals surface area contributed by atoms with Crippen molar-refractivity contribution in [2.75, 3.05) is 0 Å². The number of hydrogen-bond acceptors (Lipinski definition) is 4. The van der Waals surface area contributed by atoms with Gasteiger partial charge in [0.1, 0.15) is 0 Å². The Morgan fingerprint density at radius 2 is 2.12 bits per heavy atom. The number of carbonyl (C=O) groups is 1. The molecule has 1 rings (SSSR count). The Bertz CT molecular complexity index is 502. The fraction of sp³-hybridized carbons (Fsp3) is 0. The van der Waals surface area contributed by atoms with Crippen LogP contribution in [-0.2, 0) is 0 Å². The summed E-state index contributed by atoms with van der Waals surface area (Å²) in [7, 11) is 0. The number of amides is 2. The van der Waals surface area contributed by atoms with Crippen molar-refractivity contribution >= 4 is 46.0 Å². The van der Waals surface area contributed by atoms with Crippen molar-refractivity contribution in [2.24, 2.45) is 16.5 Å². The summed E-state index contributed by atoms with van der Waals surface area (Å²) in [6.45, 7) is 0. The highest BCUT2D eigenvalue weighted by Crippen LogP contribution is 2.25. The van der Waals surface area contributed by atoms with Gasteiger partial charge < -0.3 is 11.5 Å². The molecule has 0 fully saturated rings. The highest BCUT2D eigenvalue weighted by Gasteiger charge is 2.09. The molecule has 0 saturated carbocycles. The van der Waals surface area contributed by atoms with Gasteiger partial charge in [0.15, 0.2) is 0 Å². The van der Waals surface area contributed by atoms with E-state index in [4.69, 9.17) is 11.5 Å². The number of urea groups is 1. The predicted octanol–water partition coefficient (Wildman–Crippen LogP) is 0.814. The number of nitrogens with two attached hydrogens (primary N) is 2. The number of non-ortho nitro benzene ring substituents is 1. The zero-order chi connectivity index (χ0) is 13.0. The lowest BCUT2D eigenvalue weighted by molar-refractivity contribution is -0.384. The monoisotopic (exact) mass is 349 g/mol. The maximum absolute atomic E-state index is 10.5. The third-order valence-corrected chi connectivity index (χ3v) is 2.50. The Hall–Kier alpha value is -1.91. The first-order valence-corrected chi connectivity index (χ1v) is 5.32. The molecule has 5 N–H and O–H groups in total. The number of nitro groups is 1. The second-order valence-electron chi connectivity index (χ2n) is 2.88. The summed E-state index contributed by atoms with van der Waals surface area (Å²) >= 11 is 1.88. The number of nitrogens with zero attached hydrogens (tertiary/aromatic N) is 2. The lowest BCUT2D eigenvalue weighted by Gasteiger charge is -2.02. The van der Waals surface area contributed by atoms with Gasteiger partial charge in [-0.15, -0.1) is 0 Å². The number of guanidine groups is 1. The molecule has 0 aliphatic carbocycles. The molecule has 8 nitrogen and oxygen atoms in total. The minimum absolute atomic E-state index is 0.0465. The zero-order valence-corrected chi connectivity index (χ0v) is 10.5. The second-order valence-corrected chi connectivity index (χ2v) is 4.04. The third kappa shape index (κ3) is 3.86. The van der Waals surface area contributed by atoms with Gasteiger partial charge in [0, 0.05) is 15.7 Å². The molecule has 0 aromatic heterocycles. The molecule has 1 aromatic rings. The van der Waals surface area contributed by atoms with Crippen molar-refractivity contribution in [3.05, 3.63) is 31.9 Å². The number of primary amides is 1. The molecule has 0 radical (unpaired) electrons. The van der Waals surface area contributed by atoms with Crippen LogP contribution in [0, 0.1) is 13.7 Å². The van der Waals surface area contributed by atoms with E-state index in [0.717, 1.165) is 0 Å². The highest BCUT2D eigenvalue weighted by atomic mass is 127. The van der Waals surface area contributed by atoms with Gasteiger partial charge in [-0.1, -0.05) is 0 Å². The average molecular weight is 349 g/mol. The Morgan fingerprint density at radius 1 is 1.47 bits per heavy atom. The summed E-state index contributed by atoms with van der Waals surface area (Å²) in [6.07, 6.45) is 0. The van der Waals surface area contributed by atoms with E-state index in [1.807, 2.05) is 22.6 Å². The van der Waals surface area contributed by atoms with Gasteiger partial charge in [-0.3, -0.25) is 15.4 Å². The van der Waals surface area contributed by atoms with Gasteiger partial charge in [-0.05, 0) is 28.7 Å². The molecule has 2 amide bonds. The molecular formula is C8H8IN5O3. The standard InChI is InChI=1S/C8H8IN5O3/c9-5-3-4(14(16)17)1-2-6(5)12-7(10)13-8(11)15/h1-3H,(H5,10,11,12,13,15). The van der Waals surface area contributed by atoms with Crippen molar-refractivity contribution < 1.29 is 9.72 Å². The van der Waals surface area contributed by atoms with Crippen LogP contribution < -0.4 is 16.8 Å². The quantitative estimate of drug-likeness (QED) is 0.239. The van der Waals surface area contributed by atoms with Gasteiger partial charge in [-0.2, -0.15) is 0 Å². The molecule has 0 unspecified atom stereocenters. The van der Waals surface area contributed by atoms with Gasteiger partial charge in [0.2, 0.25) is 5.96 Å². The molecule has 0 aliphatic heterocycles. The van der Waals surface area contributed by atoms with Gasteiger partial charge in [0.05, 0.1) is 10.6 Å². The molecule has 90 valence electrons. The molecule has 1 aromatic carbocycles. The molecule has 0 bridgehead atoms.